The van der Waals surface area contributed by atoms with Crippen molar-refractivity contribution in [2.75, 3.05) is 5.32 Å². The molecule has 0 heterocycles. The minimum Gasteiger partial charge on any atom is -1.00 e. The average molecular weight is 347 g/mol. The zero-order chi connectivity index (χ0) is 16.1. The van der Waals surface area contributed by atoms with E-state index in [1.807, 2.05) is 60.7 Å². The Bertz CT molecular complexity index is 491. The van der Waals surface area contributed by atoms with Crippen LogP contribution in [0.5, 0.6) is 0 Å². The van der Waals surface area contributed by atoms with E-state index >= 15 is 0 Å². The molecule has 2 amide bonds. The predicted octanol–water partition coefficient (Wildman–Crippen LogP) is 0.536. The minimum atomic E-state index is -0.639. The fourth-order valence-electron chi connectivity index (χ4n) is 1.21. The summed E-state index contributed by atoms with van der Waals surface area (Å²) in [7, 11) is 0. The van der Waals surface area contributed by atoms with Gasteiger partial charge in [-0.1, -0.05) is 61.7 Å². The molecule has 2 rings (SSSR count). The second kappa shape index (κ2) is 14.8. The Hall–Kier alpha value is -1.12. The number of hydrogen-bond acceptors (Lipinski definition) is 3. The number of rotatable bonds is 2. The molecule has 0 aliphatic heterocycles. The molecule has 5 nitrogen and oxygen atoms in total. The van der Waals surface area contributed by atoms with E-state index in [0.717, 1.165) is 11.4 Å². The zero-order valence-electron chi connectivity index (χ0n) is 13.1. The van der Waals surface area contributed by atoms with Gasteiger partial charge in [0.15, 0.2) is 0 Å². The number of nitrogens with two attached hydrogens (primary N) is 2. The summed E-state index contributed by atoms with van der Waals surface area (Å²) in [6, 6.07) is 20.3. The van der Waals surface area contributed by atoms with Crippen LogP contribution >= 0.6 is 25.3 Å². The van der Waals surface area contributed by atoms with Gasteiger partial charge in [-0.2, -0.15) is 0 Å². The van der Waals surface area contributed by atoms with E-state index < -0.39 is 10.5 Å². The number of nitrogens with one attached hydrogen (secondary N) is 1. The SMILES string of the molecule is NC(=O)S.NC(=O)S.[H-].[Na+].c1ccc(Nc2ccccc2)cc1. The largest absolute Gasteiger partial charge is 1.00 e. The number of anilines is 2. The fourth-order valence-corrected chi connectivity index (χ4v) is 1.21. The number of benzene rings is 2. The number of amides is 2. The molecule has 0 aromatic heterocycles. The molecule has 0 radical (unpaired) electrons. The van der Waals surface area contributed by atoms with Crippen molar-refractivity contribution in [3.05, 3.63) is 60.7 Å². The summed E-state index contributed by atoms with van der Waals surface area (Å²) < 4.78 is 0. The van der Waals surface area contributed by atoms with E-state index in [9.17, 15) is 0 Å². The van der Waals surface area contributed by atoms with Gasteiger partial charge in [-0.05, 0) is 24.3 Å². The van der Waals surface area contributed by atoms with Gasteiger partial charge < -0.3 is 18.2 Å². The Morgan fingerprint density at radius 2 is 1.00 bits per heavy atom. The van der Waals surface area contributed by atoms with Crippen LogP contribution in [0.4, 0.5) is 21.0 Å². The Morgan fingerprint density at radius 3 is 1.23 bits per heavy atom. The number of carbonyl (C=O) groups is 2. The molecule has 0 fully saturated rings. The number of thiol groups is 2. The molecule has 0 saturated carbocycles. The summed E-state index contributed by atoms with van der Waals surface area (Å²) in [5, 5.41) is 2.03. The Morgan fingerprint density at radius 1 is 0.773 bits per heavy atom. The Kier molecular flexibility index (Phi) is 15.6. The molecule has 0 aliphatic carbocycles. The third-order valence-electron chi connectivity index (χ3n) is 1.84. The summed E-state index contributed by atoms with van der Waals surface area (Å²) in [4.78, 5) is 18.2. The molecule has 0 bridgehead atoms. The van der Waals surface area contributed by atoms with Gasteiger partial charge in [0.1, 0.15) is 0 Å². The van der Waals surface area contributed by atoms with Crippen LogP contribution in [0, 0.1) is 0 Å². The molecule has 114 valence electrons. The van der Waals surface area contributed by atoms with Gasteiger partial charge in [0.2, 0.25) is 0 Å². The predicted molar refractivity (Wildman–Crippen MR) is 94.4 cm³/mol. The van der Waals surface area contributed by atoms with Crippen LogP contribution in [0.25, 0.3) is 0 Å². The Balaban J connectivity index is -0.000000343. The van der Waals surface area contributed by atoms with E-state index in [1.54, 1.807) is 0 Å². The first-order valence-electron chi connectivity index (χ1n) is 5.75. The smallest absolute Gasteiger partial charge is 1.00 e. The van der Waals surface area contributed by atoms with Crippen molar-refractivity contribution >= 4 is 47.1 Å². The van der Waals surface area contributed by atoms with E-state index in [1.165, 1.54) is 0 Å². The van der Waals surface area contributed by atoms with E-state index in [0.29, 0.717) is 0 Å². The fraction of sp³-hybridized carbons (Fsp3) is 0. The summed E-state index contributed by atoms with van der Waals surface area (Å²) in [6.07, 6.45) is 0. The first-order valence-corrected chi connectivity index (χ1v) is 6.65. The van der Waals surface area contributed by atoms with Gasteiger partial charge in [0.05, 0.1) is 0 Å². The number of carbonyl (C=O) groups excluding carboxylic acids is 2. The van der Waals surface area contributed by atoms with Gasteiger partial charge >= 0.3 is 29.6 Å². The van der Waals surface area contributed by atoms with Gasteiger partial charge in [0.25, 0.3) is 10.5 Å². The van der Waals surface area contributed by atoms with Gasteiger partial charge in [0, 0.05) is 11.4 Å². The quantitative estimate of drug-likeness (QED) is 0.405. The second-order valence-electron chi connectivity index (χ2n) is 3.53. The molecular weight excluding hydrogens is 329 g/mol. The van der Waals surface area contributed by atoms with Crippen LogP contribution in [-0.4, -0.2) is 10.5 Å². The molecule has 0 atom stereocenters. The summed E-state index contributed by atoms with van der Waals surface area (Å²) in [5.74, 6) is 0. The average Bonchev–Trinajstić information content (AvgIpc) is 2.40. The third kappa shape index (κ3) is 16.9. The molecule has 8 heteroatoms. The van der Waals surface area contributed by atoms with Crippen molar-refractivity contribution in [1.29, 1.82) is 0 Å². The molecule has 0 saturated heterocycles. The standard InChI is InChI=1S/C12H11N.2CH3NOS.Na.H/c1-3-7-11(8-4-1)13-12-9-5-2-6-10-12;2*2-1(3)4;;/h1-10,13H;2*(H3,2,3,4);;/q;;;+1;-1. The van der Waals surface area contributed by atoms with Gasteiger partial charge in [-0.25, -0.2) is 0 Å². The molecular formula is C14H18N3NaO2S2. The number of hydrogen-bond donors (Lipinski definition) is 5. The van der Waals surface area contributed by atoms with Crippen LogP contribution in [0.2, 0.25) is 0 Å². The van der Waals surface area contributed by atoms with Crippen LogP contribution in [0.3, 0.4) is 0 Å². The first kappa shape index (κ1) is 23.2. The van der Waals surface area contributed by atoms with Crippen molar-refractivity contribution in [1.82, 2.24) is 0 Å². The molecule has 22 heavy (non-hydrogen) atoms. The monoisotopic (exact) mass is 347 g/mol. The van der Waals surface area contributed by atoms with Crippen LogP contribution in [-0.2, 0) is 0 Å². The summed E-state index contributed by atoms with van der Waals surface area (Å²) in [5.41, 5.74) is 10.9. The third-order valence-corrected chi connectivity index (χ3v) is 1.84. The maximum atomic E-state index is 9.09. The maximum absolute atomic E-state index is 9.09. The summed E-state index contributed by atoms with van der Waals surface area (Å²) in [6.45, 7) is 0. The Labute approximate surface area is 164 Å². The zero-order valence-corrected chi connectivity index (χ0v) is 15.9. The van der Waals surface area contributed by atoms with Crippen molar-refractivity contribution in [3.8, 4) is 0 Å². The van der Waals surface area contributed by atoms with Crippen molar-refractivity contribution < 1.29 is 40.6 Å². The van der Waals surface area contributed by atoms with Crippen LogP contribution in [0.1, 0.15) is 1.43 Å². The molecule has 2 aromatic carbocycles. The molecule has 2 aromatic rings. The van der Waals surface area contributed by atoms with Crippen LogP contribution in [0.15, 0.2) is 60.7 Å². The second-order valence-corrected chi connectivity index (χ2v) is 4.42. The van der Waals surface area contributed by atoms with Crippen molar-refractivity contribution in [2.24, 2.45) is 11.5 Å². The normalized spacial score (nSPS) is 7.91. The first-order chi connectivity index (χ1) is 9.91. The van der Waals surface area contributed by atoms with Gasteiger partial charge in [-0.15, -0.1) is 0 Å². The van der Waals surface area contributed by atoms with Gasteiger partial charge in [-0.3, -0.25) is 9.59 Å². The van der Waals surface area contributed by atoms with E-state index in [2.05, 4.69) is 42.0 Å². The number of primary amides is 2. The molecule has 0 aliphatic rings. The minimum absolute atomic E-state index is 0. The molecule has 0 spiro atoms. The molecule has 5 N–H and O–H groups in total. The number of para-hydroxylation sites is 2. The van der Waals surface area contributed by atoms with Crippen molar-refractivity contribution in [2.45, 2.75) is 0 Å². The van der Waals surface area contributed by atoms with Crippen molar-refractivity contribution in [3.63, 3.8) is 0 Å². The molecule has 0 unspecified atom stereocenters. The maximum Gasteiger partial charge on any atom is 1.00 e. The summed E-state index contributed by atoms with van der Waals surface area (Å²) >= 11 is 6.21. The topological polar surface area (TPSA) is 98.2 Å². The van der Waals surface area contributed by atoms with E-state index in [4.69, 9.17) is 9.59 Å². The van der Waals surface area contributed by atoms with E-state index in [-0.39, 0.29) is 31.0 Å². The van der Waals surface area contributed by atoms with Crippen LogP contribution < -0.4 is 46.3 Å².